The van der Waals surface area contributed by atoms with Crippen LogP contribution in [0.1, 0.15) is 37.1 Å². The van der Waals surface area contributed by atoms with Crippen molar-refractivity contribution in [2.24, 2.45) is 11.8 Å². The zero-order valence-electron chi connectivity index (χ0n) is 21.3. The maximum absolute atomic E-state index is 11.8. The number of hydrogen-bond donors (Lipinski definition) is 1. The number of piperidine rings is 1. The van der Waals surface area contributed by atoms with Gasteiger partial charge in [0.25, 0.3) is 0 Å². The van der Waals surface area contributed by atoms with Crippen molar-refractivity contribution in [2.75, 3.05) is 50.4 Å². The van der Waals surface area contributed by atoms with Gasteiger partial charge >= 0.3 is 0 Å². The van der Waals surface area contributed by atoms with E-state index in [2.05, 4.69) is 30.7 Å². The highest BCUT2D eigenvalue weighted by molar-refractivity contribution is 7.89. The summed E-state index contributed by atoms with van der Waals surface area (Å²) in [7, 11) is -1.74. The Kier molecular flexibility index (Phi) is 7.80. The molecule has 10 nitrogen and oxygen atoms in total. The monoisotopic (exact) mass is 576 g/mol. The van der Waals surface area contributed by atoms with Crippen LogP contribution in [-0.4, -0.2) is 78.6 Å². The Balaban J connectivity index is 1.30. The second-order valence-electron chi connectivity index (χ2n) is 10.0. The zero-order valence-corrected chi connectivity index (χ0v) is 23.6. The molecule has 2 aromatic heterocycles. The first-order valence-corrected chi connectivity index (χ1v) is 15.1. The number of hydrogen-bond acceptors (Lipinski definition) is 8. The largest absolute Gasteiger partial charge is 0.355 e. The van der Waals surface area contributed by atoms with Gasteiger partial charge in [0.1, 0.15) is 17.4 Å². The van der Waals surface area contributed by atoms with E-state index < -0.39 is 10.0 Å². The third-order valence-electron chi connectivity index (χ3n) is 7.71. The van der Waals surface area contributed by atoms with Gasteiger partial charge < -0.3 is 9.80 Å². The minimum atomic E-state index is -3.20. The summed E-state index contributed by atoms with van der Waals surface area (Å²) in [6, 6.07) is 7.17. The number of aromatic nitrogens is 4. The van der Waals surface area contributed by atoms with Crippen LogP contribution in [0.4, 0.5) is 5.82 Å². The van der Waals surface area contributed by atoms with E-state index in [0.717, 1.165) is 50.4 Å². The molecule has 4 heterocycles. The number of halogens is 2. The number of nitrogens with one attached hydrogen (secondary N) is 1. The van der Waals surface area contributed by atoms with Gasteiger partial charge in [-0.05, 0) is 62.9 Å². The van der Waals surface area contributed by atoms with E-state index in [4.69, 9.17) is 28.2 Å². The molecule has 0 aliphatic carbocycles. The molecule has 38 heavy (non-hydrogen) atoms. The van der Waals surface area contributed by atoms with E-state index in [1.54, 1.807) is 23.0 Å². The fourth-order valence-electron chi connectivity index (χ4n) is 5.40. The Morgan fingerprint density at radius 2 is 2.03 bits per heavy atom. The predicted octanol–water partition coefficient (Wildman–Crippen LogP) is 3.31. The molecule has 3 aromatic rings. The van der Waals surface area contributed by atoms with Crippen molar-refractivity contribution in [3.05, 3.63) is 45.7 Å². The average Bonchev–Trinajstić information content (AvgIpc) is 3.25. The number of rotatable bonds is 8. The van der Waals surface area contributed by atoms with Crippen molar-refractivity contribution in [2.45, 2.75) is 25.8 Å². The standard InChI is InChI=1S/C25H30Cl2N8O2S/c1-16(20-6-5-19(26)10-21(20)27)35-25-24(22(11-28)32-35)30-12-23(31-25)34-14-18(15-34)17-4-3-7-33(13-17)8-9-38(36,37)29-2/h5-6,10,12,16-18,29H,3-4,7-9,13-15H2,1-2H3/t16?,17-/m1/s1. The molecule has 202 valence electrons. The van der Waals surface area contributed by atoms with Crippen LogP contribution in [0, 0.1) is 23.2 Å². The molecule has 2 saturated heterocycles. The molecule has 2 atom stereocenters. The first-order chi connectivity index (χ1) is 18.2. The summed E-state index contributed by atoms with van der Waals surface area (Å²) < 4.78 is 27.7. The van der Waals surface area contributed by atoms with Crippen LogP contribution < -0.4 is 9.62 Å². The van der Waals surface area contributed by atoms with Gasteiger partial charge in [0, 0.05) is 36.2 Å². The molecular weight excluding hydrogens is 547 g/mol. The summed E-state index contributed by atoms with van der Waals surface area (Å²) >= 11 is 12.5. The molecule has 13 heteroatoms. The lowest BCUT2D eigenvalue weighted by molar-refractivity contribution is 0.125. The molecule has 1 N–H and O–H groups in total. The second-order valence-corrected chi connectivity index (χ2v) is 12.9. The van der Waals surface area contributed by atoms with Crippen LogP contribution in [0.2, 0.25) is 10.0 Å². The number of sulfonamides is 1. The second kappa shape index (κ2) is 10.9. The molecule has 2 fully saturated rings. The number of likely N-dealkylation sites (tertiary alicyclic amines) is 1. The first-order valence-electron chi connectivity index (χ1n) is 12.7. The molecule has 0 radical (unpaired) electrons. The summed E-state index contributed by atoms with van der Waals surface area (Å²) in [6.45, 7) is 6.10. The Bertz CT molecular complexity index is 1480. The van der Waals surface area contributed by atoms with Gasteiger partial charge in [-0.25, -0.2) is 27.8 Å². The predicted molar refractivity (Wildman–Crippen MR) is 148 cm³/mol. The van der Waals surface area contributed by atoms with Gasteiger partial charge in [-0.1, -0.05) is 29.3 Å². The summed E-state index contributed by atoms with van der Waals surface area (Å²) in [4.78, 5) is 13.9. The smallest absolute Gasteiger partial charge is 0.212 e. The zero-order chi connectivity index (χ0) is 27.0. The topological polar surface area (TPSA) is 120 Å². The van der Waals surface area contributed by atoms with E-state index in [-0.39, 0.29) is 17.5 Å². The third-order valence-corrected chi connectivity index (χ3v) is 9.61. The molecule has 0 spiro atoms. The first kappa shape index (κ1) is 27.1. The highest BCUT2D eigenvalue weighted by Crippen LogP contribution is 2.35. The van der Waals surface area contributed by atoms with Crippen LogP contribution in [0.3, 0.4) is 0 Å². The van der Waals surface area contributed by atoms with E-state index in [1.807, 2.05) is 13.0 Å². The van der Waals surface area contributed by atoms with E-state index in [0.29, 0.717) is 39.6 Å². The third kappa shape index (κ3) is 5.46. The Hall–Kier alpha value is -2.49. The van der Waals surface area contributed by atoms with Gasteiger partial charge in [-0.3, -0.25) is 0 Å². The number of nitriles is 1. The van der Waals surface area contributed by atoms with Crippen molar-refractivity contribution in [1.82, 2.24) is 29.4 Å². The van der Waals surface area contributed by atoms with E-state index in [9.17, 15) is 13.7 Å². The molecule has 0 saturated carbocycles. The average molecular weight is 578 g/mol. The van der Waals surface area contributed by atoms with Crippen molar-refractivity contribution in [3.63, 3.8) is 0 Å². The van der Waals surface area contributed by atoms with Gasteiger partial charge in [0.05, 0.1) is 18.0 Å². The fraction of sp³-hybridized carbons (Fsp3) is 0.520. The molecule has 0 amide bonds. The number of anilines is 1. The lowest BCUT2D eigenvalue weighted by Gasteiger charge is -2.47. The molecule has 1 aromatic carbocycles. The minimum absolute atomic E-state index is 0.126. The van der Waals surface area contributed by atoms with Crippen molar-refractivity contribution >= 4 is 50.2 Å². The number of fused-ring (bicyclic) bond motifs is 1. The van der Waals surface area contributed by atoms with Crippen LogP contribution in [0.15, 0.2) is 24.4 Å². The fourth-order valence-corrected chi connectivity index (χ4v) is 6.67. The lowest BCUT2D eigenvalue weighted by Crippen LogP contribution is -2.54. The van der Waals surface area contributed by atoms with Crippen molar-refractivity contribution in [1.29, 1.82) is 5.26 Å². The van der Waals surface area contributed by atoms with Crippen LogP contribution >= 0.6 is 23.2 Å². The van der Waals surface area contributed by atoms with Gasteiger partial charge in [-0.15, -0.1) is 0 Å². The SMILES string of the molecule is CNS(=O)(=O)CCN1CCC[C@@H](C2CN(c3cnc4c(C#N)nn(C(C)c5ccc(Cl)cc5Cl)c4n3)C2)C1. The van der Waals surface area contributed by atoms with Crippen LogP contribution in [0.5, 0.6) is 0 Å². The van der Waals surface area contributed by atoms with E-state index >= 15 is 0 Å². The molecular formula is C25H30Cl2N8O2S. The van der Waals surface area contributed by atoms with Crippen molar-refractivity contribution in [3.8, 4) is 6.07 Å². The Morgan fingerprint density at radius 3 is 2.74 bits per heavy atom. The van der Waals surface area contributed by atoms with Crippen LogP contribution in [0.25, 0.3) is 11.2 Å². The minimum Gasteiger partial charge on any atom is -0.355 e. The van der Waals surface area contributed by atoms with Gasteiger partial charge in [0.15, 0.2) is 11.3 Å². The number of benzene rings is 1. The molecule has 2 aliphatic rings. The van der Waals surface area contributed by atoms with Gasteiger partial charge in [-0.2, -0.15) is 10.4 Å². The molecule has 2 aliphatic heterocycles. The molecule has 1 unspecified atom stereocenters. The number of nitrogens with zero attached hydrogens (tertiary/aromatic N) is 7. The summed E-state index contributed by atoms with van der Waals surface area (Å²) in [5.74, 6) is 1.92. The highest BCUT2D eigenvalue weighted by Gasteiger charge is 2.37. The summed E-state index contributed by atoms with van der Waals surface area (Å²) in [5.41, 5.74) is 2.05. The van der Waals surface area contributed by atoms with Gasteiger partial charge in [0.2, 0.25) is 10.0 Å². The lowest BCUT2D eigenvalue weighted by atomic mass is 9.80. The highest BCUT2D eigenvalue weighted by atomic mass is 35.5. The molecule has 5 rings (SSSR count). The maximum atomic E-state index is 11.8. The normalized spacial score (nSPS) is 19.9. The molecule has 0 bridgehead atoms. The van der Waals surface area contributed by atoms with E-state index in [1.165, 1.54) is 7.05 Å². The maximum Gasteiger partial charge on any atom is 0.212 e. The van der Waals surface area contributed by atoms with Crippen molar-refractivity contribution < 1.29 is 8.42 Å². The van der Waals surface area contributed by atoms with Crippen LogP contribution in [-0.2, 0) is 10.0 Å². The quantitative estimate of drug-likeness (QED) is 0.433. The Morgan fingerprint density at radius 1 is 1.24 bits per heavy atom. The Labute approximate surface area is 232 Å². The summed E-state index contributed by atoms with van der Waals surface area (Å²) in [6.07, 6.45) is 3.94. The summed E-state index contributed by atoms with van der Waals surface area (Å²) in [5, 5.41) is 15.2.